The molecular weight excluding hydrogens is 643 g/mol. The van der Waals surface area contributed by atoms with E-state index in [-0.39, 0.29) is 29.5 Å². The topological polar surface area (TPSA) is 109 Å². The highest BCUT2D eigenvalue weighted by atomic mass is 79.9. The summed E-state index contributed by atoms with van der Waals surface area (Å²) >= 11 is 3.34. The fourth-order valence-corrected chi connectivity index (χ4v) is 5.38. The summed E-state index contributed by atoms with van der Waals surface area (Å²) in [4.78, 5) is 30.2. The van der Waals surface area contributed by atoms with Gasteiger partial charge in [-0.2, -0.15) is 9.78 Å². The molecule has 0 spiro atoms. The van der Waals surface area contributed by atoms with Crippen molar-refractivity contribution in [2.45, 2.75) is 40.2 Å². The molecule has 0 saturated carbocycles. The number of nitro benzene ring substituents is 1. The van der Waals surface area contributed by atoms with Crippen LogP contribution in [-0.2, 0) is 6.61 Å². The first kappa shape index (κ1) is 31.5. The summed E-state index contributed by atoms with van der Waals surface area (Å²) in [5.74, 6) is 0.721. The zero-order valence-corrected chi connectivity index (χ0v) is 26.7. The first-order valence-corrected chi connectivity index (χ1v) is 15.1. The van der Waals surface area contributed by atoms with Gasteiger partial charge in [0.25, 0.3) is 5.56 Å². The Morgan fingerprint density at radius 1 is 1.09 bits per heavy atom. The van der Waals surface area contributed by atoms with E-state index in [1.54, 1.807) is 24.3 Å². The van der Waals surface area contributed by atoms with E-state index < -0.39 is 16.3 Å². The van der Waals surface area contributed by atoms with Crippen molar-refractivity contribution in [1.29, 1.82) is 0 Å². The number of ether oxygens (including phenoxy) is 2. The average molecular weight is 674 g/mol. The summed E-state index contributed by atoms with van der Waals surface area (Å²) in [6, 6.07) is 19.5. The second-order valence-corrected chi connectivity index (χ2v) is 11.5. The largest absolute Gasteiger partial charge is 0.494 e. The van der Waals surface area contributed by atoms with Crippen molar-refractivity contribution in [3.05, 3.63) is 126 Å². The van der Waals surface area contributed by atoms with Crippen molar-refractivity contribution >= 4 is 38.7 Å². The SMILES string of the molecule is CCOc1cc(C)c(-c2nc3ccccc3c(=O)n2N=Cc2cc(Br)cc([N+](=O)[O-])c2OCc2ccc(F)cc2)cc1C(C)C. The summed E-state index contributed by atoms with van der Waals surface area (Å²) in [6.45, 7) is 8.40. The molecule has 1 heterocycles. The van der Waals surface area contributed by atoms with E-state index in [4.69, 9.17) is 14.5 Å². The minimum atomic E-state index is -0.562. The quantitative estimate of drug-likeness (QED) is 0.0841. The van der Waals surface area contributed by atoms with Gasteiger partial charge in [-0.15, -0.1) is 0 Å². The Bertz CT molecular complexity index is 1990. The zero-order chi connectivity index (χ0) is 32.2. The second kappa shape index (κ2) is 13.4. The number of hydrogen-bond acceptors (Lipinski definition) is 7. The maximum atomic E-state index is 13.9. The molecule has 9 nitrogen and oxygen atoms in total. The fraction of sp³-hybridized carbons (Fsp3) is 0.206. The number of aromatic nitrogens is 2. The van der Waals surface area contributed by atoms with Crippen molar-refractivity contribution in [2.75, 3.05) is 6.61 Å². The molecule has 0 aliphatic rings. The normalized spacial score (nSPS) is 11.4. The molecule has 0 saturated heterocycles. The lowest BCUT2D eigenvalue weighted by Crippen LogP contribution is -2.21. The van der Waals surface area contributed by atoms with Gasteiger partial charge in [0.1, 0.15) is 18.2 Å². The monoisotopic (exact) mass is 672 g/mol. The highest BCUT2D eigenvalue weighted by Gasteiger charge is 2.22. The van der Waals surface area contributed by atoms with Gasteiger partial charge >= 0.3 is 5.69 Å². The number of aryl methyl sites for hydroxylation is 1. The molecule has 0 fully saturated rings. The minimum Gasteiger partial charge on any atom is -0.494 e. The van der Waals surface area contributed by atoms with Gasteiger partial charge in [-0.1, -0.05) is 54.0 Å². The van der Waals surface area contributed by atoms with Crippen LogP contribution in [0.2, 0.25) is 0 Å². The van der Waals surface area contributed by atoms with Crippen LogP contribution >= 0.6 is 15.9 Å². The Balaban J connectivity index is 1.69. The highest BCUT2D eigenvalue weighted by Crippen LogP contribution is 2.36. The Hall–Kier alpha value is -4.90. The van der Waals surface area contributed by atoms with Gasteiger partial charge in [-0.25, -0.2) is 9.37 Å². The second-order valence-electron chi connectivity index (χ2n) is 10.6. The van der Waals surface area contributed by atoms with Crippen LogP contribution in [0.3, 0.4) is 0 Å². The van der Waals surface area contributed by atoms with Crippen molar-refractivity contribution in [3.8, 4) is 22.9 Å². The number of benzene rings is 4. The van der Waals surface area contributed by atoms with Gasteiger partial charge in [-0.3, -0.25) is 14.9 Å². The van der Waals surface area contributed by atoms with Gasteiger partial charge in [0.05, 0.1) is 28.6 Å². The number of para-hydroxylation sites is 1. The van der Waals surface area contributed by atoms with E-state index in [0.717, 1.165) is 16.9 Å². The summed E-state index contributed by atoms with van der Waals surface area (Å²) in [7, 11) is 0. The summed E-state index contributed by atoms with van der Waals surface area (Å²) in [6.07, 6.45) is 1.34. The molecule has 0 aliphatic heterocycles. The van der Waals surface area contributed by atoms with Crippen molar-refractivity contribution in [3.63, 3.8) is 0 Å². The van der Waals surface area contributed by atoms with Crippen molar-refractivity contribution < 1.29 is 18.8 Å². The van der Waals surface area contributed by atoms with E-state index in [9.17, 15) is 19.3 Å². The highest BCUT2D eigenvalue weighted by molar-refractivity contribution is 9.10. The Labute approximate surface area is 267 Å². The zero-order valence-electron chi connectivity index (χ0n) is 25.1. The molecule has 0 atom stereocenters. The Morgan fingerprint density at radius 3 is 2.51 bits per heavy atom. The Morgan fingerprint density at radius 2 is 1.82 bits per heavy atom. The Kier molecular flexibility index (Phi) is 9.38. The van der Waals surface area contributed by atoms with E-state index in [1.807, 2.05) is 32.0 Å². The van der Waals surface area contributed by atoms with Crippen LogP contribution in [0.15, 0.2) is 87.2 Å². The number of rotatable bonds is 10. The van der Waals surface area contributed by atoms with Gasteiger partial charge in [0, 0.05) is 21.7 Å². The van der Waals surface area contributed by atoms with E-state index in [0.29, 0.717) is 38.9 Å². The van der Waals surface area contributed by atoms with Crippen LogP contribution in [0, 0.1) is 22.9 Å². The number of hydrogen-bond donors (Lipinski definition) is 0. The van der Waals surface area contributed by atoms with Crippen LogP contribution in [0.1, 0.15) is 48.9 Å². The third-order valence-corrected chi connectivity index (χ3v) is 7.60. The summed E-state index contributed by atoms with van der Waals surface area (Å²) in [5.41, 5.74) is 3.12. The van der Waals surface area contributed by atoms with Gasteiger partial charge in [0.2, 0.25) is 5.75 Å². The van der Waals surface area contributed by atoms with Crippen LogP contribution in [0.4, 0.5) is 10.1 Å². The maximum absolute atomic E-state index is 13.9. The number of nitrogens with zero attached hydrogens (tertiary/aromatic N) is 4. The molecule has 4 aromatic carbocycles. The number of halogens is 2. The summed E-state index contributed by atoms with van der Waals surface area (Å²) < 4.78 is 26.9. The lowest BCUT2D eigenvalue weighted by Gasteiger charge is -2.18. The predicted octanol–water partition coefficient (Wildman–Crippen LogP) is 8.17. The molecule has 0 aliphatic carbocycles. The molecule has 0 amide bonds. The molecule has 5 aromatic rings. The molecule has 1 aromatic heterocycles. The predicted molar refractivity (Wildman–Crippen MR) is 176 cm³/mol. The van der Waals surface area contributed by atoms with Crippen LogP contribution in [-0.4, -0.2) is 27.4 Å². The molecule has 230 valence electrons. The van der Waals surface area contributed by atoms with Gasteiger partial charge in [-0.05, 0) is 78.9 Å². The van der Waals surface area contributed by atoms with Crippen LogP contribution < -0.4 is 15.0 Å². The molecular formula is C34H30BrFN4O5. The van der Waals surface area contributed by atoms with E-state index in [2.05, 4.69) is 34.9 Å². The maximum Gasteiger partial charge on any atom is 0.312 e. The molecule has 11 heteroatoms. The minimum absolute atomic E-state index is 0.0565. The fourth-order valence-electron chi connectivity index (χ4n) is 4.92. The molecule has 0 radical (unpaired) electrons. The lowest BCUT2D eigenvalue weighted by atomic mass is 9.96. The number of fused-ring (bicyclic) bond motifs is 1. The van der Waals surface area contributed by atoms with E-state index in [1.165, 1.54) is 41.2 Å². The molecule has 0 bridgehead atoms. The molecule has 0 unspecified atom stereocenters. The van der Waals surface area contributed by atoms with Gasteiger partial charge < -0.3 is 9.47 Å². The summed E-state index contributed by atoms with van der Waals surface area (Å²) in [5, 5.41) is 16.9. The van der Waals surface area contributed by atoms with Crippen molar-refractivity contribution in [1.82, 2.24) is 9.66 Å². The third kappa shape index (κ3) is 6.78. The first-order valence-electron chi connectivity index (χ1n) is 14.3. The number of nitro groups is 1. The molecule has 0 N–H and O–H groups in total. The van der Waals surface area contributed by atoms with Gasteiger partial charge in [0.15, 0.2) is 5.82 Å². The molecule has 45 heavy (non-hydrogen) atoms. The average Bonchev–Trinajstić information content (AvgIpc) is 3.00. The third-order valence-electron chi connectivity index (χ3n) is 7.14. The van der Waals surface area contributed by atoms with Crippen LogP contribution in [0.5, 0.6) is 11.5 Å². The van der Waals surface area contributed by atoms with E-state index >= 15 is 0 Å². The van der Waals surface area contributed by atoms with Crippen LogP contribution in [0.25, 0.3) is 22.3 Å². The first-order chi connectivity index (χ1) is 21.6. The molecule has 5 rings (SSSR count). The van der Waals surface area contributed by atoms with Crippen molar-refractivity contribution in [2.24, 2.45) is 5.10 Å². The smallest absolute Gasteiger partial charge is 0.312 e. The lowest BCUT2D eigenvalue weighted by molar-refractivity contribution is -0.386. The standard InChI is InChI=1S/C34H30BrFN4O5/c1-5-44-31-14-21(4)28(17-27(31)20(2)3)33-38-29-9-7-6-8-26(29)34(41)39(33)37-18-23-15-24(35)16-30(40(42)43)32(23)45-19-22-10-12-25(36)13-11-22/h6-18,20H,5,19H2,1-4H3.